The van der Waals surface area contributed by atoms with Crippen molar-refractivity contribution in [2.24, 2.45) is 0 Å². The van der Waals surface area contributed by atoms with Crippen LogP contribution in [0, 0.1) is 65.2 Å². The minimum absolute atomic E-state index is 0.303. The molecule has 0 spiro atoms. The predicted molar refractivity (Wildman–Crippen MR) is 288 cm³/mol. The van der Waals surface area contributed by atoms with Crippen molar-refractivity contribution in [1.82, 2.24) is 50.4 Å². The second-order valence-corrected chi connectivity index (χ2v) is 18.9. The zero-order chi connectivity index (χ0) is 60.2. The van der Waals surface area contributed by atoms with Crippen LogP contribution in [0.4, 0.5) is 35.1 Å². The molecule has 0 saturated heterocycles. The Morgan fingerprint density at radius 3 is 1.21 bits per heavy atom. The fourth-order valence-electron chi connectivity index (χ4n) is 8.31. The molecule has 0 fully saturated rings. The summed E-state index contributed by atoms with van der Waals surface area (Å²) in [5, 5.41) is 51.8. The van der Waals surface area contributed by atoms with E-state index in [9.17, 15) is 27.8 Å². The van der Waals surface area contributed by atoms with Gasteiger partial charge >= 0.3 is 11.8 Å². The van der Waals surface area contributed by atoms with Crippen LogP contribution in [0.3, 0.4) is 0 Å². The Labute approximate surface area is 479 Å². The van der Waals surface area contributed by atoms with Gasteiger partial charge in [0.1, 0.15) is 72.0 Å². The number of alkyl halides is 4. The third-order valence-electron chi connectivity index (χ3n) is 13.0. The molecule has 15 nitrogen and oxygen atoms in total. The summed E-state index contributed by atoms with van der Waals surface area (Å²) < 4.78 is 133. The number of ether oxygens (including phenoxy) is 2. The summed E-state index contributed by atoms with van der Waals surface area (Å²) in [5.41, 5.74) is -4.29. The molecule has 0 aliphatic rings. The number of tetrazole rings is 2. The van der Waals surface area contributed by atoms with Crippen molar-refractivity contribution in [2.45, 2.75) is 56.3 Å². The smallest absolute Gasteiger partial charge is 0.323 e. The molecule has 10 rings (SSSR count). The molecule has 6 aromatic carbocycles. The van der Waals surface area contributed by atoms with Gasteiger partial charge in [-0.2, -0.15) is 22.8 Å². The Balaban J connectivity index is 0.000000204. The molecule has 0 radical (unpaired) electrons. The number of hydrogen-bond donors (Lipinski definition) is 2. The van der Waals surface area contributed by atoms with Gasteiger partial charge in [0.2, 0.25) is 0 Å². The van der Waals surface area contributed by atoms with Crippen molar-refractivity contribution in [2.75, 3.05) is 0 Å². The third-order valence-corrected chi connectivity index (χ3v) is 13.0. The van der Waals surface area contributed by atoms with E-state index in [2.05, 4.69) is 70.8 Å². The highest BCUT2D eigenvalue weighted by Crippen LogP contribution is 2.48. The Morgan fingerprint density at radius 2 is 0.859 bits per heavy atom. The average molecular weight is 1160 g/mol. The van der Waals surface area contributed by atoms with Crippen LogP contribution in [0.25, 0.3) is 0 Å². The predicted octanol–water partition coefficient (Wildman–Crippen LogP) is 10.2. The zero-order valence-electron chi connectivity index (χ0n) is 44.3. The lowest BCUT2D eigenvalue weighted by atomic mass is 9.84. The lowest BCUT2D eigenvalue weighted by molar-refractivity contribution is -0.207. The molecular weight excluding hydrogens is 1110 g/mol. The highest BCUT2D eigenvalue weighted by molar-refractivity contribution is 5.46. The lowest BCUT2D eigenvalue weighted by Crippen LogP contribution is -2.48. The third kappa shape index (κ3) is 14.0. The number of nitriles is 1. The zero-order valence-corrected chi connectivity index (χ0v) is 44.3. The summed E-state index contributed by atoms with van der Waals surface area (Å²) in [6, 6.07) is 39.5. The number of pyridine rings is 2. The summed E-state index contributed by atoms with van der Waals surface area (Å²) in [4.78, 5) is 7.61. The Morgan fingerprint density at radius 1 is 0.482 bits per heavy atom. The molecule has 4 heterocycles. The number of aromatic nitrogens is 10. The first-order valence-corrected chi connectivity index (χ1v) is 25.3. The van der Waals surface area contributed by atoms with Crippen LogP contribution in [0.2, 0.25) is 0 Å². The van der Waals surface area contributed by atoms with Crippen LogP contribution >= 0.6 is 0 Å². The fourth-order valence-corrected chi connectivity index (χ4v) is 8.31. The number of rotatable bonds is 16. The Bertz CT molecular complexity index is 4060. The molecule has 2 atom stereocenters. The van der Waals surface area contributed by atoms with Crippen molar-refractivity contribution in [3.05, 3.63) is 273 Å². The summed E-state index contributed by atoms with van der Waals surface area (Å²) >= 11 is 0. The fraction of sp³-hybridized carbons (Fsp3) is 0.145. The lowest BCUT2D eigenvalue weighted by Gasteiger charge is -2.35. The van der Waals surface area contributed by atoms with E-state index in [1.54, 1.807) is 60.7 Å². The Kier molecular flexibility index (Phi) is 17.8. The molecule has 85 heavy (non-hydrogen) atoms. The first kappa shape index (κ1) is 59.0. The van der Waals surface area contributed by atoms with Gasteiger partial charge in [0.15, 0.2) is 11.2 Å². The van der Waals surface area contributed by atoms with Crippen molar-refractivity contribution in [3.63, 3.8) is 0 Å². The quantitative estimate of drug-likeness (QED) is 0.0686. The molecule has 426 valence electrons. The molecule has 4 aromatic heterocycles. The van der Waals surface area contributed by atoms with Crippen LogP contribution in [-0.4, -0.2) is 60.6 Å². The van der Waals surface area contributed by atoms with Gasteiger partial charge in [0, 0.05) is 57.9 Å². The van der Waals surface area contributed by atoms with E-state index >= 15 is 17.6 Å². The van der Waals surface area contributed by atoms with Gasteiger partial charge in [-0.05, 0) is 148 Å². The first-order valence-electron chi connectivity index (χ1n) is 25.3. The van der Waals surface area contributed by atoms with Crippen LogP contribution in [0.1, 0.15) is 67.0 Å². The van der Waals surface area contributed by atoms with Crippen LogP contribution in [0.15, 0.2) is 183 Å². The summed E-state index contributed by atoms with van der Waals surface area (Å²) in [6.45, 7) is 0.864. The molecule has 0 amide bonds. The maximum atomic E-state index is 15.9. The average Bonchev–Trinajstić information content (AvgIpc) is 1.56. The molecule has 0 saturated carbocycles. The van der Waals surface area contributed by atoms with Gasteiger partial charge in [-0.1, -0.05) is 65.6 Å². The van der Waals surface area contributed by atoms with Gasteiger partial charge < -0.3 is 19.7 Å². The van der Waals surface area contributed by atoms with E-state index in [1.165, 1.54) is 17.7 Å². The normalized spacial score (nSPS) is 12.6. The molecule has 0 unspecified atom stereocenters. The molecule has 0 aliphatic heterocycles. The highest BCUT2D eigenvalue weighted by Gasteiger charge is 2.59. The molecule has 0 bridgehead atoms. The number of aryl methyl sites for hydroxylation is 1. The van der Waals surface area contributed by atoms with Gasteiger partial charge in [0.05, 0.1) is 24.7 Å². The molecule has 2 N–H and O–H groups in total. The number of hydrogen-bond acceptors (Lipinski definition) is 13. The van der Waals surface area contributed by atoms with Crippen molar-refractivity contribution in [1.29, 1.82) is 5.26 Å². The van der Waals surface area contributed by atoms with Crippen LogP contribution in [-0.2, 0) is 49.4 Å². The van der Waals surface area contributed by atoms with Gasteiger partial charge in [0.25, 0.3) is 0 Å². The molecule has 0 aliphatic carbocycles. The van der Waals surface area contributed by atoms with Crippen LogP contribution < -0.4 is 9.47 Å². The topological polar surface area (TPSA) is 196 Å². The number of benzene rings is 6. The second-order valence-electron chi connectivity index (χ2n) is 18.9. The molecule has 10 aromatic rings. The van der Waals surface area contributed by atoms with E-state index in [0.29, 0.717) is 64.7 Å². The van der Waals surface area contributed by atoms with Crippen LogP contribution in [0.5, 0.6) is 11.5 Å². The van der Waals surface area contributed by atoms with E-state index < -0.39 is 81.9 Å². The molecular formula is C62H43F8N11O4. The summed E-state index contributed by atoms with van der Waals surface area (Å²) in [7, 11) is 0. The maximum Gasteiger partial charge on any atom is 0.323 e. The Hall–Kier alpha value is -10.7. The monoisotopic (exact) mass is 1160 g/mol. The minimum atomic E-state index is -4.17. The minimum Gasteiger partial charge on any atom is -0.489 e. The number of halogens is 8. The SMILES string of the molecule is Cc1ccc(COc2ccc(C#Cc3ccc(C(F)(F)[C@@](O)(Cn4cnnn4)c4ccc(F)cc4F)nc3)cc2)cc1.N#Cc1ccc(COc2ccc(C#Cc3ccc(C(F)(F)[C@](O)(Cn4cnnn4)c4ccc(F)cc4F)nc3)cc2)cc1. The standard InChI is InChI=1S/C31H20F4N6O2.C31H23F4N5O2/c32-25-10-13-27(28(33)15-25)30(42,19-41-20-38-39-40-41)31(34,35)29-14-9-23(17-37-29)4-1-21-7-11-26(12-8-21)43-18-24-5-2-22(16-36)3-6-24;1-21-2-4-24(5-3-21)18-42-26-12-8-22(9-13-26)6-7-23-10-15-29(36-17-23)31(34,35)30(41,19-40-20-37-38-39-40)27-14-11-25(32)16-28(27)33/h2-3,5-15,17,20,42H,18-19H2;2-5,8-17,20,41H,18-19H2,1H3/t2*30-/m01/s1. The summed E-state index contributed by atoms with van der Waals surface area (Å²) in [6.07, 6.45) is 4.18. The van der Waals surface area contributed by atoms with E-state index in [4.69, 9.17) is 14.7 Å². The van der Waals surface area contributed by atoms with Gasteiger partial charge in [-0.15, -0.1) is 10.2 Å². The van der Waals surface area contributed by atoms with Crippen molar-refractivity contribution in [3.8, 4) is 41.2 Å². The largest absolute Gasteiger partial charge is 0.489 e. The summed E-state index contributed by atoms with van der Waals surface area (Å²) in [5.74, 6) is -0.253. The first-order chi connectivity index (χ1) is 40.8. The van der Waals surface area contributed by atoms with Gasteiger partial charge in [-0.25, -0.2) is 26.9 Å². The molecule has 23 heteroatoms. The van der Waals surface area contributed by atoms with E-state index in [1.807, 2.05) is 43.3 Å². The maximum absolute atomic E-state index is 15.9. The number of nitrogens with zero attached hydrogens (tertiary/aromatic N) is 11. The van der Waals surface area contributed by atoms with E-state index in [-0.39, 0.29) is 0 Å². The van der Waals surface area contributed by atoms with Crippen molar-refractivity contribution >= 4 is 0 Å². The number of aliphatic hydroxyl groups is 2. The van der Waals surface area contributed by atoms with Crippen molar-refractivity contribution < 1.29 is 54.8 Å². The van der Waals surface area contributed by atoms with E-state index in [0.717, 1.165) is 81.9 Å². The van der Waals surface area contributed by atoms with Gasteiger partial charge in [-0.3, -0.25) is 9.97 Å². The highest BCUT2D eigenvalue weighted by atomic mass is 19.3. The second kappa shape index (κ2) is 25.6.